The Morgan fingerprint density at radius 3 is 2.52 bits per heavy atom. The van der Waals surface area contributed by atoms with Crippen LogP contribution in [0.15, 0.2) is 72.8 Å². The van der Waals surface area contributed by atoms with E-state index < -0.39 is 0 Å². The fourth-order valence-corrected chi connectivity index (χ4v) is 4.67. The van der Waals surface area contributed by atoms with Crippen LogP contribution in [0.25, 0.3) is 16.1 Å². The molecule has 3 aromatic carbocycles. The second-order valence-electron chi connectivity index (χ2n) is 7.68. The third kappa shape index (κ3) is 3.75. The summed E-state index contributed by atoms with van der Waals surface area (Å²) in [5.74, 6) is 0.542. The number of aromatic nitrogens is 4. The summed E-state index contributed by atoms with van der Waals surface area (Å²) >= 11 is 1.50. The second-order valence-corrected chi connectivity index (χ2v) is 8.67. The average molecular weight is 429 g/mol. The van der Waals surface area contributed by atoms with Gasteiger partial charge in [0, 0.05) is 17.9 Å². The van der Waals surface area contributed by atoms with Gasteiger partial charge in [-0.15, -0.1) is 10.2 Å². The average Bonchev–Trinajstić information content (AvgIpc) is 3.37. The van der Waals surface area contributed by atoms with Gasteiger partial charge in [-0.1, -0.05) is 85.0 Å². The lowest BCUT2D eigenvalue weighted by Gasteiger charge is -2.11. The molecule has 0 saturated carbocycles. The number of halogens is 1. The summed E-state index contributed by atoms with van der Waals surface area (Å²) < 4.78 is 16.7. The number of nitrogens with zero attached hydrogens (tertiary/aromatic N) is 4. The first kappa shape index (κ1) is 19.6. The van der Waals surface area contributed by atoms with Gasteiger partial charge in [0.2, 0.25) is 4.96 Å². The molecule has 2 heterocycles. The molecule has 0 saturated heterocycles. The summed E-state index contributed by atoms with van der Waals surface area (Å²) in [5, 5.41) is 14.3. The molecule has 6 heteroatoms. The summed E-state index contributed by atoms with van der Waals surface area (Å²) in [6.07, 6.45) is 0.672. The maximum absolute atomic E-state index is 14.9. The molecule has 0 amide bonds. The van der Waals surface area contributed by atoms with Gasteiger partial charge in [0.1, 0.15) is 10.8 Å². The molecule has 0 fully saturated rings. The Hall–Kier alpha value is -3.38. The van der Waals surface area contributed by atoms with Crippen molar-refractivity contribution in [2.24, 2.45) is 0 Å². The molecule has 4 nitrogen and oxygen atoms in total. The fourth-order valence-electron chi connectivity index (χ4n) is 3.73. The normalized spacial score (nSPS) is 12.4. The number of hydrogen-bond donors (Lipinski definition) is 0. The lowest BCUT2D eigenvalue weighted by molar-refractivity contribution is 0.627. The first-order valence-corrected chi connectivity index (χ1v) is 11.0. The maximum Gasteiger partial charge on any atom is 0.234 e. The Bertz CT molecular complexity index is 1360. The van der Waals surface area contributed by atoms with Crippen molar-refractivity contribution in [3.8, 4) is 11.1 Å². The van der Waals surface area contributed by atoms with E-state index in [1.807, 2.05) is 66.0 Å². The van der Waals surface area contributed by atoms with Crippen LogP contribution in [0.3, 0.4) is 0 Å². The zero-order valence-corrected chi connectivity index (χ0v) is 18.1. The molecule has 5 rings (SSSR count). The van der Waals surface area contributed by atoms with E-state index in [4.69, 9.17) is 5.10 Å². The van der Waals surface area contributed by atoms with E-state index >= 15 is 0 Å². The van der Waals surface area contributed by atoms with Gasteiger partial charge < -0.3 is 0 Å². The Balaban J connectivity index is 1.44. The van der Waals surface area contributed by atoms with Crippen molar-refractivity contribution in [3.05, 3.63) is 106 Å². The second kappa shape index (κ2) is 8.04. The van der Waals surface area contributed by atoms with Crippen LogP contribution >= 0.6 is 11.3 Å². The Morgan fingerprint density at radius 1 is 0.968 bits per heavy atom. The van der Waals surface area contributed by atoms with Crippen LogP contribution in [-0.4, -0.2) is 19.8 Å². The van der Waals surface area contributed by atoms with Crippen LogP contribution < -0.4 is 0 Å². The molecule has 0 bridgehead atoms. The molecule has 154 valence electrons. The molecule has 0 radical (unpaired) electrons. The molecule has 0 aliphatic rings. The minimum atomic E-state index is -0.223. The van der Waals surface area contributed by atoms with Gasteiger partial charge in [-0.2, -0.15) is 9.61 Å². The molecular formula is C25H21FN4S. The highest BCUT2D eigenvalue weighted by Crippen LogP contribution is 2.31. The molecule has 0 aliphatic heterocycles. The summed E-state index contributed by atoms with van der Waals surface area (Å²) in [6, 6.07) is 23.3. The highest BCUT2D eigenvalue weighted by Gasteiger charge is 2.19. The van der Waals surface area contributed by atoms with Crippen molar-refractivity contribution in [1.29, 1.82) is 0 Å². The topological polar surface area (TPSA) is 43.1 Å². The maximum atomic E-state index is 14.9. The highest BCUT2D eigenvalue weighted by molar-refractivity contribution is 7.16. The van der Waals surface area contributed by atoms with Crippen molar-refractivity contribution < 1.29 is 4.39 Å². The van der Waals surface area contributed by atoms with E-state index in [1.165, 1.54) is 22.5 Å². The monoisotopic (exact) mass is 428 g/mol. The Morgan fingerprint density at radius 2 is 1.74 bits per heavy atom. The van der Waals surface area contributed by atoms with Crippen molar-refractivity contribution in [2.45, 2.75) is 26.2 Å². The lowest BCUT2D eigenvalue weighted by Crippen LogP contribution is -2.02. The SMILES string of the molecule is Cc1ccccc1Cc1nnc2sc([C@H](C)c3ccc(-c4ccccc4)c(F)c3)nn12. The van der Waals surface area contributed by atoms with Gasteiger partial charge in [-0.3, -0.25) is 0 Å². The largest absolute Gasteiger partial charge is 0.234 e. The van der Waals surface area contributed by atoms with Gasteiger partial charge in [0.15, 0.2) is 5.82 Å². The zero-order chi connectivity index (χ0) is 21.4. The van der Waals surface area contributed by atoms with Gasteiger partial charge in [0.25, 0.3) is 0 Å². The van der Waals surface area contributed by atoms with Gasteiger partial charge in [-0.25, -0.2) is 4.39 Å². The number of rotatable bonds is 5. The third-order valence-electron chi connectivity index (χ3n) is 5.63. The van der Waals surface area contributed by atoms with E-state index in [-0.39, 0.29) is 11.7 Å². The standard InChI is InChI=1S/C25H21FN4S/c1-16-8-6-7-11-19(16)15-23-27-28-25-30(23)29-24(31-25)17(2)20-12-13-21(22(26)14-20)18-9-4-3-5-10-18/h3-14,17H,15H2,1-2H3/t17-/m1/s1. The highest BCUT2D eigenvalue weighted by atomic mass is 32.1. The molecule has 2 aromatic heterocycles. The van der Waals surface area contributed by atoms with Gasteiger partial charge in [0.05, 0.1) is 0 Å². The first-order valence-electron chi connectivity index (χ1n) is 10.2. The van der Waals surface area contributed by atoms with Crippen LogP contribution in [0.4, 0.5) is 4.39 Å². The summed E-state index contributed by atoms with van der Waals surface area (Å²) in [7, 11) is 0. The minimum absolute atomic E-state index is 0.0441. The van der Waals surface area contributed by atoms with Crippen molar-refractivity contribution >= 4 is 16.3 Å². The summed E-state index contributed by atoms with van der Waals surface area (Å²) in [4.78, 5) is 0.756. The predicted octanol–water partition coefficient (Wildman–Crippen LogP) is 6.04. The number of aryl methyl sites for hydroxylation is 1. The third-order valence-corrected chi connectivity index (χ3v) is 6.71. The van der Waals surface area contributed by atoms with Crippen molar-refractivity contribution in [2.75, 3.05) is 0 Å². The summed E-state index contributed by atoms with van der Waals surface area (Å²) in [6.45, 7) is 4.14. The van der Waals surface area contributed by atoms with Gasteiger partial charge >= 0.3 is 0 Å². The van der Waals surface area contributed by atoms with Crippen molar-refractivity contribution in [1.82, 2.24) is 19.8 Å². The van der Waals surface area contributed by atoms with Crippen LogP contribution in [0, 0.1) is 12.7 Å². The smallest absolute Gasteiger partial charge is 0.206 e. The molecular weight excluding hydrogens is 407 g/mol. The van der Waals surface area contributed by atoms with Crippen molar-refractivity contribution in [3.63, 3.8) is 0 Å². The summed E-state index contributed by atoms with van der Waals surface area (Å²) in [5.41, 5.74) is 4.80. The quantitative estimate of drug-likeness (QED) is 0.343. The Labute approximate surface area is 184 Å². The molecule has 0 unspecified atom stereocenters. The predicted molar refractivity (Wildman–Crippen MR) is 122 cm³/mol. The molecule has 1 atom stereocenters. The molecule has 0 spiro atoms. The van der Waals surface area contributed by atoms with E-state index in [2.05, 4.69) is 29.3 Å². The molecule has 5 aromatic rings. The van der Waals surface area contributed by atoms with E-state index in [9.17, 15) is 4.39 Å². The van der Waals surface area contributed by atoms with Crippen LogP contribution in [0.5, 0.6) is 0 Å². The number of benzene rings is 3. The van der Waals surface area contributed by atoms with Crippen LogP contribution in [0.2, 0.25) is 0 Å². The fraction of sp³-hybridized carbons (Fsp3) is 0.160. The number of hydrogen-bond acceptors (Lipinski definition) is 4. The first-order chi connectivity index (χ1) is 15.1. The van der Waals surface area contributed by atoms with Gasteiger partial charge in [-0.05, 0) is 35.2 Å². The van der Waals surface area contributed by atoms with Crippen LogP contribution in [-0.2, 0) is 6.42 Å². The van der Waals surface area contributed by atoms with E-state index in [0.29, 0.717) is 12.0 Å². The zero-order valence-electron chi connectivity index (χ0n) is 17.3. The Kier molecular flexibility index (Phi) is 5.08. The van der Waals surface area contributed by atoms with Crippen LogP contribution in [0.1, 0.15) is 40.4 Å². The molecule has 31 heavy (non-hydrogen) atoms. The van der Waals surface area contributed by atoms with E-state index in [0.717, 1.165) is 26.9 Å². The minimum Gasteiger partial charge on any atom is -0.206 e. The molecule has 0 aliphatic carbocycles. The molecule has 0 N–H and O–H groups in total. The lowest BCUT2D eigenvalue weighted by atomic mass is 9.97. The number of fused-ring (bicyclic) bond motifs is 1. The van der Waals surface area contributed by atoms with E-state index in [1.54, 1.807) is 6.07 Å².